The third kappa shape index (κ3) is 3.71. The Morgan fingerprint density at radius 1 is 1.24 bits per heavy atom. The lowest BCUT2D eigenvalue weighted by Crippen LogP contribution is -2.44. The Bertz CT molecular complexity index is 599. The molecule has 0 radical (unpaired) electrons. The number of sulfonamides is 1. The second-order valence-corrected chi connectivity index (χ2v) is 8.05. The molecule has 1 aromatic carbocycles. The molecule has 21 heavy (non-hydrogen) atoms. The van der Waals surface area contributed by atoms with Gasteiger partial charge >= 0.3 is 0 Å². The molecular weight excluding hydrogens is 331 g/mol. The van der Waals surface area contributed by atoms with Crippen molar-refractivity contribution >= 4 is 33.2 Å². The molecular formula is C14H20Cl2N2O2S. The summed E-state index contributed by atoms with van der Waals surface area (Å²) < 4.78 is 27.3. The van der Waals surface area contributed by atoms with Crippen LogP contribution in [0, 0.1) is 0 Å². The van der Waals surface area contributed by atoms with E-state index in [0.717, 1.165) is 25.7 Å². The van der Waals surface area contributed by atoms with Crippen molar-refractivity contribution in [2.24, 2.45) is 5.73 Å². The highest BCUT2D eigenvalue weighted by molar-refractivity contribution is 7.89. The maximum atomic E-state index is 12.9. The van der Waals surface area contributed by atoms with Gasteiger partial charge in [0.25, 0.3) is 0 Å². The average Bonchev–Trinajstić information content (AvgIpc) is 2.44. The number of hydrogen-bond donors (Lipinski definition) is 1. The molecule has 2 N–H and O–H groups in total. The van der Waals surface area contributed by atoms with Crippen LogP contribution in [0.3, 0.4) is 0 Å². The van der Waals surface area contributed by atoms with E-state index >= 15 is 0 Å². The molecule has 1 saturated carbocycles. The lowest BCUT2D eigenvalue weighted by molar-refractivity contribution is 0.247. The van der Waals surface area contributed by atoms with Crippen molar-refractivity contribution in [2.45, 2.75) is 49.6 Å². The molecule has 4 nitrogen and oxygen atoms in total. The molecule has 0 unspecified atom stereocenters. The Kier molecular flexibility index (Phi) is 5.54. The van der Waals surface area contributed by atoms with Crippen LogP contribution in [0.25, 0.3) is 0 Å². The summed E-state index contributed by atoms with van der Waals surface area (Å²) in [4.78, 5) is 0.0772. The first-order valence-corrected chi connectivity index (χ1v) is 9.28. The van der Waals surface area contributed by atoms with Crippen molar-refractivity contribution in [2.75, 3.05) is 6.54 Å². The number of halogens is 2. The Labute approximate surface area is 136 Å². The zero-order chi connectivity index (χ0) is 15.6. The van der Waals surface area contributed by atoms with Crippen molar-refractivity contribution in [1.29, 1.82) is 0 Å². The van der Waals surface area contributed by atoms with E-state index in [4.69, 9.17) is 28.9 Å². The SMILES string of the molecule is CCN(C1CCC(N)CC1)S(=O)(=O)c1cc(Cl)ccc1Cl. The summed E-state index contributed by atoms with van der Waals surface area (Å²) >= 11 is 12.0. The molecule has 1 aliphatic carbocycles. The summed E-state index contributed by atoms with van der Waals surface area (Å²) in [7, 11) is -3.65. The first-order chi connectivity index (χ1) is 9.86. The van der Waals surface area contributed by atoms with E-state index in [-0.39, 0.29) is 22.0 Å². The van der Waals surface area contributed by atoms with Gasteiger partial charge in [0.1, 0.15) is 4.90 Å². The highest BCUT2D eigenvalue weighted by Crippen LogP contribution is 2.31. The van der Waals surface area contributed by atoms with Gasteiger partial charge in [-0.2, -0.15) is 4.31 Å². The highest BCUT2D eigenvalue weighted by atomic mass is 35.5. The van der Waals surface area contributed by atoms with E-state index in [1.165, 1.54) is 16.4 Å². The van der Waals surface area contributed by atoms with Crippen LogP contribution in [0.15, 0.2) is 23.1 Å². The molecule has 0 amide bonds. The van der Waals surface area contributed by atoms with Gasteiger partial charge in [0.2, 0.25) is 10.0 Å². The van der Waals surface area contributed by atoms with Gasteiger partial charge in [-0.05, 0) is 43.9 Å². The topological polar surface area (TPSA) is 63.4 Å². The molecule has 2 rings (SSSR count). The molecule has 7 heteroatoms. The maximum absolute atomic E-state index is 12.9. The Morgan fingerprint density at radius 3 is 2.43 bits per heavy atom. The van der Waals surface area contributed by atoms with Crippen molar-refractivity contribution in [3.8, 4) is 0 Å². The normalized spacial score (nSPS) is 23.5. The highest BCUT2D eigenvalue weighted by Gasteiger charge is 2.33. The van der Waals surface area contributed by atoms with Crippen molar-refractivity contribution in [3.05, 3.63) is 28.2 Å². The Balaban J connectivity index is 2.33. The van der Waals surface area contributed by atoms with Crippen molar-refractivity contribution in [3.63, 3.8) is 0 Å². The second kappa shape index (κ2) is 6.84. The van der Waals surface area contributed by atoms with Crippen LogP contribution in [0.5, 0.6) is 0 Å². The zero-order valence-electron chi connectivity index (χ0n) is 11.9. The monoisotopic (exact) mass is 350 g/mol. The minimum Gasteiger partial charge on any atom is -0.328 e. The lowest BCUT2D eigenvalue weighted by atomic mass is 9.92. The molecule has 0 saturated heterocycles. The van der Waals surface area contributed by atoms with Gasteiger partial charge in [-0.3, -0.25) is 0 Å². The summed E-state index contributed by atoms with van der Waals surface area (Å²) in [6.45, 7) is 2.25. The standard InChI is InChI=1S/C14H20Cl2N2O2S/c1-2-18(12-6-4-11(17)5-7-12)21(19,20)14-9-10(15)3-8-13(14)16/h3,8-9,11-12H,2,4-7,17H2,1H3. The molecule has 118 valence electrons. The average molecular weight is 351 g/mol. The van der Waals surface area contributed by atoms with Gasteiger partial charge in [-0.1, -0.05) is 30.1 Å². The predicted octanol–water partition coefficient (Wildman–Crippen LogP) is 3.27. The van der Waals surface area contributed by atoms with Gasteiger partial charge in [-0.15, -0.1) is 0 Å². The first kappa shape index (κ1) is 17.0. The maximum Gasteiger partial charge on any atom is 0.244 e. The van der Waals surface area contributed by atoms with Gasteiger partial charge in [0, 0.05) is 23.7 Å². The third-order valence-corrected chi connectivity index (χ3v) is 6.68. The number of rotatable bonds is 4. The lowest BCUT2D eigenvalue weighted by Gasteiger charge is -2.34. The van der Waals surface area contributed by atoms with Crippen LogP contribution < -0.4 is 5.73 Å². The summed E-state index contributed by atoms with van der Waals surface area (Å²) in [6.07, 6.45) is 3.26. The van der Waals surface area contributed by atoms with Crippen LogP contribution in [-0.2, 0) is 10.0 Å². The minimum absolute atomic E-state index is 0.0187. The molecule has 0 heterocycles. The fourth-order valence-corrected chi connectivity index (χ4v) is 5.25. The van der Waals surface area contributed by atoms with Crippen LogP contribution >= 0.6 is 23.2 Å². The van der Waals surface area contributed by atoms with Crippen LogP contribution in [0.4, 0.5) is 0 Å². The first-order valence-electron chi connectivity index (χ1n) is 7.08. The summed E-state index contributed by atoms with van der Waals surface area (Å²) in [5.74, 6) is 0. The van der Waals surface area contributed by atoms with Crippen molar-refractivity contribution < 1.29 is 8.42 Å². The molecule has 0 aliphatic heterocycles. The van der Waals surface area contributed by atoms with Gasteiger partial charge in [-0.25, -0.2) is 8.42 Å². The fraction of sp³-hybridized carbons (Fsp3) is 0.571. The number of benzene rings is 1. The van der Waals surface area contributed by atoms with E-state index in [0.29, 0.717) is 11.6 Å². The van der Waals surface area contributed by atoms with Crippen LogP contribution in [0.1, 0.15) is 32.6 Å². The van der Waals surface area contributed by atoms with Crippen LogP contribution in [-0.4, -0.2) is 31.4 Å². The minimum atomic E-state index is -3.65. The summed E-state index contributed by atoms with van der Waals surface area (Å²) in [6, 6.07) is 4.67. The molecule has 0 bridgehead atoms. The molecule has 1 aromatic rings. The molecule has 0 spiro atoms. The Morgan fingerprint density at radius 2 is 1.86 bits per heavy atom. The van der Waals surface area contributed by atoms with E-state index in [1.807, 2.05) is 6.92 Å². The summed E-state index contributed by atoms with van der Waals surface area (Å²) in [5.41, 5.74) is 5.90. The molecule has 1 fully saturated rings. The second-order valence-electron chi connectivity index (χ2n) is 5.35. The van der Waals surface area contributed by atoms with Gasteiger partial charge < -0.3 is 5.73 Å². The van der Waals surface area contributed by atoms with Crippen LogP contribution in [0.2, 0.25) is 10.0 Å². The fourth-order valence-electron chi connectivity index (χ4n) is 2.82. The van der Waals surface area contributed by atoms with Gasteiger partial charge in [0.15, 0.2) is 0 Å². The van der Waals surface area contributed by atoms with E-state index < -0.39 is 10.0 Å². The van der Waals surface area contributed by atoms with E-state index in [1.54, 1.807) is 6.07 Å². The number of nitrogens with two attached hydrogens (primary N) is 1. The predicted molar refractivity (Wildman–Crippen MR) is 86.3 cm³/mol. The van der Waals surface area contributed by atoms with E-state index in [2.05, 4.69) is 0 Å². The largest absolute Gasteiger partial charge is 0.328 e. The quantitative estimate of drug-likeness (QED) is 0.906. The number of hydrogen-bond acceptors (Lipinski definition) is 3. The molecule has 0 aromatic heterocycles. The number of nitrogens with zero attached hydrogens (tertiary/aromatic N) is 1. The Hall–Kier alpha value is -0.330. The smallest absolute Gasteiger partial charge is 0.244 e. The van der Waals surface area contributed by atoms with Crippen molar-refractivity contribution in [1.82, 2.24) is 4.31 Å². The molecule has 1 aliphatic rings. The molecule has 0 atom stereocenters. The zero-order valence-corrected chi connectivity index (χ0v) is 14.3. The van der Waals surface area contributed by atoms with E-state index in [9.17, 15) is 8.42 Å². The van der Waals surface area contributed by atoms with Gasteiger partial charge in [0.05, 0.1) is 5.02 Å². The summed E-state index contributed by atoms with van der Waals surface area (Å²) in [5, 5.41) is 0.560. The third-order valence-electron chi connectivity index (χ3n) is 3.94.